The molecule has 0 aliphatic heterocycles. The Labute approximate surface area is 99.2 Å². The lowest BCUT2D eigenvalue weighted by atomic mass is 9.72. The largest absolute Gasteiger partial charge is 0.390 e. The summed E-state index contributed by atoms with van der Waals surface area (Å²) in [7, 11) is -2.89. The van der Waals surface area contributed by atoms with Crippen molar-refractivity contribution in [1.82, 2.24) is 0 Å². The predicted octanol–water partition coefficient (Wildman–Crippen LogP) is 2.14. The fourth-order valence-electron chi connectivity index (χ4n) is 2.85. The molecule has 1 aliphatic rings. The predicted molar refractivity (Wildman–Crippen MR) is 66.1 cm³/mol. The molecule has 1 rings (SSSR count). The highest BCUT2D eigenvalue weighted by Gasteiger charge is 2.37. The van der Waals surface area contributed by atoms with E-state index in [0.717, 1.165) is 25.7 Å². The van der Waals surface area contributed by atoms with Gasteiger partial charge in [0.1, 0.15) is 9.84 Å². The molecule has 0 saturated heterocycles. The highest BCUT2D eigenvalue weighted by Crippen LogP contribution is 2.38. The maximum absolute atomic E-state index is 11.0. The van der Waals surface area contributed by atoms with Crippen molar-refractivity contribution < 1.29 is 13.5 Å². The molecule has 2 atom stereocenters. The van der Waals surface area contributed by atoms with Gasteiger partial charge in [-0.3, -0.25) is 0 Å². The summed E-state index contributed by atoms with van der Waals surface area (Å²) in [5.74, 6) is 0.562. The monoisotopic (exact) mass is 248 g/mol. The second-order valence-corrected chi connectivity index (χ2v) is 7.45. The van der Waals surface area contributed by atoms with Crippen molar-refractivity contribution in [1.29, 1.82) is 0 Å². The van der Waals surface area contributed by atoms with Crippen LogP contribution in [0.15, 0.2) is 0 Å². The molecule has 16 heavy (non-hydrogen) atoms. The molecule has 96 valence electrons. The van der Waals surface area contributed by atoms with Crippen molar-refractivity contribution in [3.8, 4) is 0 Å². The standard InChI is InChI=1S/C12H24O3S/c1-3-11-7-4-5-8-12(11,13)9-6-10-16(2,14)15/h11,13H,3-10H2,1-2H3. The van der Waals surface area contributed by atoms with E-state index < -0.39 is 15.4 Å². The molecule has 0 amide bonds. The summed E-state index contributed by atoms with van der Waals surface area (Å²) >= 11 is 0. The molecule has 1 fully saturated rings. The van der Waals surface area contributed by atoms with E-state index in [1.165, 1.54) is 12.7 Å². The lowest BCUT2D eigenvalue weighted by Gasteiger charge is -2.40. The van der Waals surface area contributed by atoms with E-state index in [4.69, 9.17) is 0 Å². The van der Waals surface area contributed by atoms with Gasteiger partial charge in [-0.1, -0.05) is 26.2 Å². The van der Waals surface area contributed by atoms with Crippen molar-refractivity contribution >= 4 is 9.84 Å². The van der Waals surface area contributed by atoms with Gasteiger partial charge in [0.05, 0.1) is 5.60 Å². The molecule has 0 aromatic heterocycles. The summed E-state index contributed by atoms with van der Waals surface area (Å²) in [6.07, 6.45) is 7.69. The molecule has 4 heteroatoms. The molecule has 0 bridgehead atoms. The van der Waals surface area contributed by atoms with Crippen LogP contribution in [0.2, 0.25) is 0 Å². The van der Waals surface area contributed by atoms with Crippen LogP contribution in [0.1, 0.15) is 51.9 Å². The first-order chi connectivity index (χ1) is 7.37. The zero-order valence-corrected chi connectivity index (χ0v) is 11.2. The zero-order chi connectivity index (χ0) is 12.2. The van der Waals surface area contributed by atoms with Gasteiger partial charge in [-0.2, -0.15) is 0 Å². The molecule has 1 aliphatic carbocycles. The molecule has 0 heterocycles. The van der Waals surface area contributed by atoms with Crippen molar-refractivity contribution in [2.45, 2.75) is 57.5 Å². The normalized spacial score (nSPS) is 31.6. The average Bonchev–Trinajstić information content (AvgIpc) is 2.16. The quantitative estimate of drug-likeness (QED) is 0.811. The third-order valence-electron chi connectivity index (χ3n) is 3.79. The van der Waals surface area contributed by atoms with Crippen LogP contribution in [0.4, 0.5) is 0 Å². The fourth-order valence-corrected chi connectivity index (χ4v) is 3.52. The number of aliphatic hydroxyl groups is 1. The van der Waals surface area contributed by atoms with E-state index in [9.17, 15) is 13.5 Å². The second kappa shape index (κ2) is 5.50. The van der Waals surface area contributed by atoms with Gasteiger partial charge in [-0.05, 0) is 31.6 Å². The smallest absolute Gasteiger partial charge is 0.147 e. The lowest BCUT2D eigenvalue weighted by Crippen LogP contribution is -2.40. The molecule has 1 saturated carbocycles. The van der Waals surface area contributed by atoms with Crippen LogP contribution in [0.25, 0.3) is 0 Å². The summed E-state index contributed by atoms with van der Waals surface area (Å²) in [5, 5.41) is 10.5. The Bertz CT molecular complexity index is 310. The summed E-state index contributed by atoms with van der Waals surface area (Å²) in [6, 6.07) is 0. The molecular formula is C12H24O3S. The van der Waals surface area contributed by atoms with E-state index in [2.05, 4.69) is 6.92 Å². The van der Waals surface area contributed by atoms with Crippen molar-refractivity contribution in [2.75, 3.05) is 12.0 Å². The highest BCUT2D eigenvalue weighted by atomic mass is 32.2. The van der Waals surface area contributed by atoms with Crippen LogP contribution in [0.5, 0.6) is 0 Å². The Morgan fingerprint density at radius 1 is 1.38 bits per heavy atom. The van der Waals surface area contributed by atoms with E-state index in [1.807, 2.05) is 0 Å². The third kappa shape index (κ3) is 4.06. The molecule has 1 N–H and O–H groups in total. The topological polar surface area (TPSA) is 54.4 Å². The van der Waals surface area contributed by atoms with E-state index in [0.29, 0.717) is 18.8 Å². The van der Waals surface area contributed by atoms with Crippen molar-refractivity contribution in [3.05, 3.63) is 0 Å². The molecular weight excluding hydrogens is 224 g/mol. The minimum absolute atomic E-state index is 0.200. The maximum atomic E-state index is 11.0. The highest BCUT2D eigenvalue weighted by molar-refractivity contribution is 7.90. The van der Waals surface area contributed by atoms with Crippen molar-refractivity contribution in [2.24, 2.45) is 5.92 Å². The molecule has 2 unspecified atom stereocenters. The Kier molecular flexibility index (Phi) is 4.80. The molecule has 0 aromatic rings. The van der Waals surface area contributed by atoms with E-state index in [-0.39, 0.29) is 5.75 Å². The van der Waals surface area contributed by atoms with Gasteiger partial charge < -0.3 is 5.11 Å². The summed E-state index contributed by atoms with van der Waals surface area (Å²) < 4.78 is 22.1. The zero-order valence-electron chi connectivity index (χ0n) is 10.4. The fraction of sp³-hybridized carbons (Fsp3) is 1.00. The number of rotatable bonds is 5. The van der Waals surface area contributed by atoms with Crippen molar-refractivity contribution in [3.63, 3.8) is 0 Å². The van der Waals surface area contributed by atoms with Crippen LogP contribution in [0.3, 0.4) is 0 Å². The molecule has 0 radical (unpaired) electrons. The van der Waals surface area contributed by atoms with E-state index >= 15 is 0 Å². The lowest BCUT2D eigenvalue weighted by molar-refractivity contribution is -0.0564. The van der Waals surface area contributed by atoms with Crippen LogP contribution >= 0.6 is 0 Å². The van der Waals surface area contributed by atoms with Gasteiger partial charge in [-0.25, -0.2) is 8.42 Å². The van der Waals surface area contributed by atoms with Crippen LogP contribution < -0.4 is 0 Å². The van der Waals surface area contributed by atoms with Gasteiger partial charge in [-0.15, -0.1) is 0 Å². The maximum Gasteiger partial charge on any atom is 0.147 e. The SMILES string of the molecule is CCC1CCCCC1(O)CCCS(C)(=O)=O. The van der Waals surface area contributed by atoms with Crippen LogP contribution in [-0.4, -0.2) is 31.1 Å². The van der Waals surface area contributed by atoms with Crippen LogP contribution in [0, 0.1) is 5.92 Å². The van der Waals surface area contributed by atoms with Gasteiger partial charge in [0.25, 0.3) is 0 Å². The first kappa shape index (κ1) is 14.0. The minimum Gasteiger partial charge on any atom is -0.390 e. The van der Waals surface area contributed by atoms with Crippen LogP contribution in [-0.2, 0) is 9.84 Å². The van der Waals surface area contributed by atoms with Gasteiger partial charge in [0, 0.05) is 12.0 Å². The Balaban J connectivity index is 2.48. The number of sulfone groups is 1. The minimum atomic E-state index is -2.89. The summed E-state index contributed by atoms with van der Waals surface area (Å²) in [6.45, 7) is 2.11. The number of hydrogen-bond donors (Lipinski definition) is 1. The summed E-state index contributed by atoms with van der Waals surface area (Å²) in [5.41, 5.74) is -0.600. The summed E-state index contributed by atoms with van der Waals surface area (Å²) in [4.78, 5) is 0. The Hall–Kier alpha value is -0.0900. The first-order valence-corrected chi connectivity index (χ1v) is 8.33. The van der Waals surface area contributed by atoms with E-state index in [1.54, 1.807) is 0 Å². The molecule has 0 spiro atoms. The molecule has 3 nitrogen and oxygen atoms in total. The van der Waals surface area contributed by atoms with Gasteiger partial charge >= 0.3 is 0 Å². The number of hydrogen-bond acceptors (Lipinski definition) is 3. The Morgan fingerprint density at radius 3 is 2.62 bits per heavy atom. The average molecular weight is 248 g/mol. The van der Waals surface area contributed by atoms with Gasteiger partial charge in [0.15, 0.2) is 0 Å². The Morgan fingerprint density at radius 2 is 2.06 bits per heavy atom. The second-order valence-electron chi connectivity index (χ2n) is 5.19. The first-order valence-electron chi connectivity index (χ1n) is 6.27. The van der Waals surface area contributed by atoms with Gasteiger partial charge in [0.2, 0.25) is 0 Å². The third-order valence-corrected chi connectivity index (χ3v) is 4.82. The molecule has 0 aromatic carbocycles.